The van der Waals surface area contributed by atoms with Crippen LogP contribution in [0.4, 0.5) is 5.69 Å². The van der Waals surface area contributed by atoms with Crippen LogP contribution in [-0.4, -0.2) is 18.1 Å². The number of phenolic OH excluding ortho intramolecular Hbond substituents is 1. The molecule has 0 bridgehead atoms. The fourth-order valence-electron chi connectivity index (χ4n) is 1.56. The van der Waals surface area contributed by atoms with E-state index in [0.29, 0.717) is 10.8 Å². The molecule has 0 amide bonds. The molecule has 2 aromatic rings. The van der Waals surface area contributed by atoms with Crippen molar-refractivity contribution in [3.8, 4) is 5.75 Å². The van der Waals surface area contributed by atoms with Crippen molar-refractivity contribution in [3.63, 3.8) is 0 Å². The van der Waals surface area contributed by atoms with Crippen LogP contribution in [-0.2, 0) is 10.1 Å². The number of nitrogen functional groups attached to an aromatic ring is 1. The molecular formula is C10H8NNaO4S. The molecule has 0 fully saturated rings. The first-order chi connectivity index (χ1) is 7.39. The second-order valence-corrected chi connectivity index (χ2v) is 4.72. The monoisotopic (exact) mass is 261 g/mol. The molecule has 0 unspecified atom stereocenters. The van der Waals surface area contributed by atoms with Gasteiger partial charge in [0.15, 0.2) is 0 Å². The first kappa shape index (κ1) is 14.3. The second kappa shape index (κ2) is 4.83. The standard InChI is InChI=1S/C10H9NO4S.Na/c11-8-5-7(16(13,14)15)4-6-2-1-3-9(12)10(6)8;/h1-5,12H,11H2,(H,13,14,15);/q;+1/p-1. The minimum atomic E-state index is -4.54. The van der Waals surface area contributed by atoms with Gasteiger partial charge in [0.05, 0.1) is 4.90 Å². The molecular weight excluding hydrogens is 253 g/mol. The molecule has 2 aromatic carbocycles. The van der Waals surface area contributed by atoms with E-state index in [4.69, 9.17) is 5.73 Å². The van der Waals surface area contributed by atoms with E-state index in [9.17, 15) is 18.1 Å². The zero-order valence-corrected chi connectivity index (χ0v) is 11.9. The summed E-state index contributed by atoms with van der Waals surface area (Å²) in [7, 11) is -4.54. The van der Waals surface area contributed by atoms with Gasteiger partial charge < -0.3 is 15.4 Å². The number of nitrogens with two attached hydrogens (primary N) is 1. The molecule has 5 nitrogen and oxygen atoms in total. The van der Waals surface area contributed by atoms with Crippen LogP contribution < -0.4 is 35.3 Å². The summed E-state index contributed by atoms with van der Waals surface area (Å²) in [4.78, 5) is -0.400. The quantitative estimate of drug-likeness (QED) is 0.352. The summed E-state index contributed by atoms with van der Waals surface area (Å²) in [6.07, 6.45) is 0. The smallest absolute Gasteiger partial charge is 0.744 e. The van der Waals surface area contributed by atoms with E-state index in [-0.39, 0.29) is 41.0 Å². The van der Waals surface area contributed by atoms with Gasteiger partial charge in [-0.25, -0.2) is 8.42 Å². The van der Waals surface area contributed by atoms with E-state index < -0.39 is 15.0 Å². The molecule has 17 heavy (non-hydrogen) atoms. The molecule has 0 spiro atoms. The summed E-state index contributed by atoms with van der Waals surface area (Å²) >= 11 is 0. The van der Waals surface area contributed by atoms with E-state index >= 15 is 0 Å². The van der Waals surface area contributed by atoms with Gasteiger partial charge in [-0.3, -0.25) is 0 Å². The molecule has 84 valence electrons. The molecule has 0 aromatic heterocycles. The normalized spacial score (nSPS) is 11.1. The summed E-state index contributed by atoms with van der Waals surface area (Å²) in [6.45, 7) is 0. The Balaban J connectivity index is 0.00000144. The van der Waals surface area contributed by atoms with Gasteiger partial charge in [0.2, 0.25) is 0 Å². The number of phenols is 1. The first-order valence-electron chi connectivity index (χ1n) is 4.37. The number of hydrogen-bond donors (Lipinski definition) is 2. The zero-order valence-electron chi connectivity index (χ0n) is 9.04. The first-order valence-corrected chi connectivity index (χ1v) is 5.77. The van der Waals surface area contributed by atoms with Crippen LogP contribution >= 0.6 is 0 Å². The Morgan fingerprint density at radius 1 is 1.24 bits per heavy atom. The van der Waals surface area contributed by atoms with Crippen LogP contribution in [0.2, 0.25) is 0 Å². The molecule has 0 radical (unpaired) electrons. The SMILES string of the molecule is Nc1cc(S(=O)(=O)[O-])cc2cccc(O)c12.[Na+]. The summed E-state index contributed by atoms with van der Waals surface area (Å²) in [6, 6.07) is 6.78. The van der Waals surface area contributed by atoms with Crippen molar-refractivity contribution in [2.75, 3.05) is 5.73 Å². The van der Waals surface area contributed by atoms with Crippen molar-refractivity contribution in [2.24, 2.45) is 0 Å². The van der Waals surface area contributed by atoms with Crippen molar-refractivity contribution >= 4 is 26.6 Å². The Bertz CT molecular complexity index is 669. The van der Waals surface area contributed by atoms with Crippen LogP contribution in [0.3, 0.4) is 0 Å². The molecule has 0 atom stereocenters. The molecule has 3 N–H and O–H groups in total. The van der Waals surface area contributed by atoms with E-state index in [1.165, 1.54) is 18.2 Å². The van der Waals surface area contributed by atoms with Gasteiger partial charge in [0, 0.05) is 11.1 Å². The van der Waals surface area contributed by atoms with Crippen molar-refractivity contribution < 1.29 is 47.6 Å². The summed E-state index contributed by atoms with van der Waals surface area (Å²) in [5, 5.41) is 10.3. The molecule has 2 rings (SSSR count). The minimum absolute atomic E-state index is 0. The predicted octanol–water partition coefficient (Wildman–Crippen LogP) is -1.96. The van der Waals surface area contributed by atoms with Crippen molar-refractivity contribution in [3.05, 3.63) is 30.3 Å². The van der Waals surface area contributed by atoms with Crippen LogP contribution in [0.1, 0.15) is 0 Å². The molecule has 0 aliphatic carbocycles. The fraction of sp³-hybridized carbons (Fsp3) is 0. The van der Waals surface area contributed by atoms with Crippen LogP contribution in [0.25, 0.3) is 10.8 Å². The Labute approximate surface area is 120 Å². The maximum atomic E-state index is 10.8. The van der Waals surface area contributed by atoms with Crippen molar-refractivity contribution in [2.45, 2.75) is 4.90 Å². The topological polar surface area (TPSA) is 103 Å². The van der Waals surface area contributed by atoms with E-state index in [2.05, 4.69) is 0 Å². The third-order valence-corrected chi connectivity index (χ3v) is 3.06. The average molecular weight is 261 g/mol. The van der Waals surface area contributed by atoms with Gasteiger partial charge in [-0.2, -0.15) is 0 Å². The summed E-state index contributed by atoms with van der Waals surface area (Å²) in [5.74, 6) is -0.0511. The summed E-state index contributed by atoms with van der Waals surface area (Å²) < 4.78 is 32.5. The maximum absolute atomic E-state index is 10.8. The van der Waals surface area contributed by atoms with Gasteiger partial charge >= 0.3 is 29.6 Å². The average Bonchev–Trinajstić information content (AvgIpc) is 2.15. The number of anilines is 1. The Hall–Kier alpha value is -0.790. The third kappa shape index (κ3) is 2.72. The van der Waals surface area contributed by atoms with Gasteiger partial charge in [-0.05, 0) is 23.6 Å². The van der Waals surface area contributed by atoms with E-state index in [1.807, 2.05) is 0 Å². The Kier molecular flexibility index (Phi) is 4.06. The number of fused-ring (bicyclic) bond motifs is 1. The van der Waals surface area contributed by atoms with Crippen molar-refractivity contribution in [1.82, 2.24) is 0 Å². The molecule has 7 heteroatoms. The Morgan fingerprint density at radius 3 is 2.47 bits per heavy atom. The van der Waals surface area contributed by atoms with Gasteiger partial charge in [0.1, 0.15) is 15.9 Å². The zero-order chi connectivity index (χ0) is 11.9. The van der Waals surface area contributed by atoms with Crippen LogP contribution in [0.15, 0.2) is 35.2 Å². The molecule has 0 saturated carbocycles. The second-order valence-electron chi connectivity index (χ2n) is 3.34. The predicted molar refractivity (Wildman–Crippen MR) is 58.0 cm³/mol. The van der Waals surface area contributed by atoms with Gasteiger partial charge in [-0.1, -0.05) is 12.1 Å². The van der Waals surface area contributed by atoms with E-state index in [0.717, 1.165) is 6.07 Å². The Morgan fingerprint density at radius 2 is 1.88 bits per heavy atom. The van der Waals surface area contributed by atoms with E-state index in [1.54, 1.807) is 6.07 Å². The molecule has 0 aliphatic heterocycles. The third-order valence-electron chi connectivity index (χ3n) is 2.25. The minimum Gasteiger partial charge on any atom is -0.744 e. The van der Waals surface area contributed by atoms with Crippen molar-refractivity contribution in [1.29, 1.82) is 0 Å². The number of benzene rings is 2. The molecule has 0 saturated heterocycles. The molecule has 0 aliphatic rings. The van der Waals surface area contributed by atoms with Gasteiger partial charge in [0.25, 0.3) is 0 Å². The number of rotatable bonds is 1. The van der Waals surface area contributed by atoms with Gasteiger partial charge in [-0.15, -0.1) is 0 Å². The molecule has 0 heterocycles. The van der Waals surface area contributed by atoms with Crippen LogP contribution in [0.5, 0.6) is 5.75 Å². The number of aromatic hydroxyl groups is 1. The largest absolute Gasteiger partial charge is 1.00 e. The number of hydrogen-bond acceptors (Lipinski definition) is 5. The maximum Gasteiger partial charge on any atom is 1.00 e. The fourth-order valence-corrected chi connectivity index (χ4v) is 2.10. The van der Waals surface area contributed by atoms with Crippen LogP contribution in [0, 0.1) is 0 Å². The summed E-state index contributed by atoms with van der Waals surface area (Å²) in [5.41, 5.74) is 5.65.